The number of hydrogen-bond donors (Lipinski definition) is 0. The second-order valence-corrected chi connectivity index (χ2v) is 4.51. The maximum Gasteiger partial charge on any atom is -0.0176 e. The van der Waals surface area contributed by atoms with Crippen molar-refractivity contribution in [3.8, 4) is 0 Å². The molecule has 0 aromatic rings. The first-order valence-electron chi connectivity index (χ1n) is 4.30. The monoisotopic (exact) mass is 136 g/mol. The molecule has 0 aromatic heterocycles. The normalized spacial score (nSPS) is 48.5. The van der Waals surface area contributed by atoms with Gasteiger partial charge in [0, 0.05) is 0 Å². The Labute approximate surface area is 63.3 Å². The van der Waals surface area contributed by atoms with Crippen LogP contribution in [0.5, 0.6) is 0 Å². The molecular formula is C10H16. The summed E-state index contributed by atoms with van der Waals surface area (Å²) in [6, 6.07) is 0. The molecule has 0 aromatic carbocycles. The molecule has 3 rings (SSSR count). The molecule has 0 amide bonds. The van der Waals surface area contributed by atoms with E-state index in [0.717, 1.165) is 17.8 Å². The zero-order chi connectivity index (χ0) is 7.35. The minimum absolute atomic E-state index is 0.619. The van der Waals surface area contributed by atoms with E-state index in [0.29, 0.717) is 5.41 Å². The topological polar surface area (TPSA) is 0 Å². The fourth-order valence-electron chi connectivity index (χ4n) is 2.66. The van der Waals surface area contributed by atoms with Crippen molar-refractivity contribution in [1.82, 2.24) is 0 Å². The van der Waals surface area contributed by atoms with Crippen molar-refractivity contribution in [1.29, 1.82) is 0 Å². The van der Waals surface area contributed by atoms with Gasteiger partial charge in [0.1, 0.15) is 0 Å². The molecule has 0 nitrogen and oxygen atoms in total. The molecule has 56 valence electrons. The fourth-order valence-corrected chi connectivity index (χ4v) is 2.66. The van der Waals surface area contributed by atoms with Gasteiger partial charge in [-0.3, -0.25) is 0 Å². The molecule has 0 unspecified atom stereocenters. The quantitative estimate of drug-likeness (QED) is 0.449. The van der Waals surface area contributed by atoms with Gasteiger partial charge in [-0.1, -0.05) is 32.9 Å². The zero-order valence-corrected chi connectivity index (χ0v) is 7.09. The maximum atomic E-state index is 2.42. The highest BCUT2D eigenvalue weighted by molar-refractivity contribution is 5.15. The third-order valence-electron chi connectivity index (χ3n) is 3.70. The van der Waals surface area contributed by atoms with E-state index in [1.165, 1.54) is 6.42 Å². The second-order valence-electron chi connectivity index (χ2n) is 4.51. The van der Waals surface area contributed by atoms with Crippen molar-refractivity contribution in [2.75, 3.05) is 0 Å². The van der Waals surface area contributed by atoms with Crippen LogP contribution in [0.3, 0.4) is 0 Å². The summed E-state index contributed by atoms with van der Waals surface area (Å²) in [5.74, 6) is 2.70. The standard InChI is InChI=1S/C10H16/c1-7-4-5-8-6-9(7)10(8,2)3/h4-5,7-9H,6H2,1-3H3/t7-,8+,9+/m0/s1. The smallest absolute Gasteiger partial charge is 0.0176 e. The lowest BCUT2D eigenvalue weighted by atomic mass is 9.48. The molecular weight excluding hydrogens is 120 g/mol. The van der Waals surface area contributed by atoms with Gasteiger partial charge in [0.2, 0.25) is 0 Å². The summed E-state index contributed by atoms with van der Waals surface area (Å²) in [5.41, 5.74) is 0.619. The molecule has 0 radical (unpaired) electrons. The van der Waals surface area contributed by atoms with Crippen LogP contribution in [0.2, 0.25) is 0 Å². The van der Waals surface area contributed by atoms with E-state index in [-0.39, 0.29) is 0 Å². The molecule has 0 heteroatoms. The molecule has 0 aliphatic heterocycles. The molecule has 1 fully saturated rings. The predicted octanol–water partition coefficient (Wildman–Crippen LogP) is 2.85. The van der Waals surface area contributed by atoms with E-state index in [1.54, 1.807) is 0 Å². The van der Waals surface area contributed by atoms with Gasteiger partial charge in [0.25, 0.3) is 0 Å². The molecule has 1 saturated carbocycles. The van der Waals surface area contributed by atoms with E-state index in [1.807, 2.05) is 0 Å². The van der Waals surface area contributed by atoms with Crippen molar-refractivity contribution in [2.45, 2.75) is 27.2 Å². The Morgan fingerprint density at radius 3 is 2.30 bits per heavy atom. The number of hydrogen-bond acceptors (Lipinski definition) is 0. The average molecular weight is 136 g/mol. The highest BCUT2D eigenvalue weighted by Crippen LogP contribution is 2.58. The first-order valence-corrected chi connectivity index (χ1v) is 4.30. The average Bonchev–Trinajstić information content (AvgIpc) is 1.87. The van der Waals surface area contributed by atoms with Crippen LogP contribution in [-0.4, -0.2) is 0 Å². The highest BCUT2D eigenvalue weighted by atomic mass is 14.5. The van der Waals surface area contributed by atoms with Crippen molar-refractivity contribution in [3.05, 3.63) is 12.2 Å². The Morgan fingerprint density at radius 2 is 2.00 bits per heavy atom. The fraction of sp³-hybridized carbons (Fsp3) is 0.800. The Morgan fingerprint density at radius 1 is 1.30 bits per heavy atom. The van der Waals surface area contributed by atoms with Gasteiger partial charge >= 0.3 is 0 Å². The largest absolute Gasteiger partial charge is 0.0851 e. The Kier molecular flexibility index (Phi) is 1.07. The van der Waals surface area contributed by atoms with E-state index >= 15 is 0 Å². The van der Waals surface area contributed by atoms with Gasteiger partial charge in [0.05, 0.1) is 0 Å². The van der Waals surface area contributed by atoms with E-state index in [9.17, 15) is 0 Å². The van der Waals surface area contributed by atoms with Crippen molar-refractivity contribution >= 4 is 0 Å². The lowest BCUT2D eigenvalue weighted by Crippen LogP contribution is -2.49. The summed E-state index contributed by atoms with van der Waals surface area (Å²) in [6.45, 7) is 7.16. The third-order valence-corrected chi connectivity index (χ3v) is 3.70. The third kappa shape index (κ3) is 0.574. The van der Waals surface area contributed by atoms with E-state index in [2.05, 4.69) is 32.9 Å². The lowest BCUT2D eigenvalue weighted by molar-refractivity contribution is -0.0258. The van der Waals surface area contributed by atoms with Crippen LogP contribution in [0.15, 0.2) is 12.2 Å². The molecule has 3 aliphatic carbocycles. The van der Waals surface area contributed by atoms with Crippen LogP contribution in [0.4, 0.5) is 0 Å². The molecule has 0 N–H and O–H groups in total. The van der Waals surface area contributed by atoms with Crippen LogP contribution in [-0.2, 0) is 0 Å². The Bertz CT molecular complexity index is 176. The SMILES string of the molecule is C[C@H]1C=C[C@@H]2C[C@H]1C2(C)C. The van der Waals surface area contributed by atoms with Gasteiger partial charge in [-0.25, -0.2) is 0 Å². The van der Waals surface area contributed by atoms with Crippen molar-refractivity contribution in [2.24, 2.45) is 23.2 Å². The van der Waals surface area contributed by atoms with Crippen LogP contribution < -0.4 is 0 Å². The summed E-state index contributed by atoms with van der Waals surface area (Å²) in [7, 11) is 0. The van der Waals surface area contributed by atoms with Gasteiger partial charge in [0.15, 0.2) is 0 Å². The van der Waals surface area contributed by atoms with Gasteiger partial charge < -0.3 is 0 Å². The molecule has 3 aliphatic rings. The number of fused-ring (bicyclic) bond motifs is 1. The zero-order valence-electron chi connectivity index (χ0n) is 7.09. The van der Waals surface area contributed by atoms with Gasteiger partial charge in [-0.15, -0.1) is 0 Å². The van der Waals surface area contributed by atoms with Crippen LogP contribution in [0, 0.1) is 23.2 Å². The first-order chi connectivity index (χ1) is 4.62. The maximum absolute atomic E-state index is 2.42. The van der Waals surface area contributed by atoms with E-state index in [4.69, 9.17) is 0 Å². The molecule has 0 spiro atoms. The molecule has 3 atom stereocenters. The first kappa shape index (κ1) is 6.45. The van der Waals surface area contributed by atoms with Crippen molar-refractivity contribution in [3.63, 3.8) is 0 Å². The van der Waals surface area contributed by atoms with Crippen LogP contribution >= 0.6 is 0 Å². The highest BCUT2D eigenvalue weighted by Gasteiger charge is 2.50. The predicted molar refractivity (Wildman–Crippen MR) is 43.7 cm³/mol. The van der Waals surface area contributed by atoms with Crippen LogP contribution in [0.25, 0.3) is 0 Å². The molecule has 0 saturated heterocycles. The summed E-state index contributed by atoms with van der Waals surface area (Å²) in [6.07, 6.45) is 6.26. The summed E-state index contributed by atoms with van der Waals surface area (Å²) < 4.78 is 0. The van der Waals surface area contributed by atoms with E-state index < -0.39 is 0 Å². The second kappa shape index (κ2) is 1.66. The summed E-state index contributed by atoms with van der Waals surface area (Å²) >= 11 is 0. The van der Waals surface area contributed by atoms with Gasteiger partial charge in [-0.2, -0.15) is 0 Å². The van der Waals surface area contributed by atoms with Gasteiger partial charge in [-0.05, 0) is 29.6 Å². The minimum Gasteiger partial charge on any atom is -0.0851 e. The molecule has 0 heterocycles. The Balaban J connectivity index is 2.28. The summed E-state index contributed by atoms with van der Waals surface area (Å²) in [4.78, 5) is 0. The minimum atomic E-state index is 0.619. The number of rotatable bonds is 0. The van der Waals surface area contributed by atoms with Crippen molar-refractivity contribution < 1.29 is 0 Å². The molecule has 10 heavy (non-hydrogen) atoms. The number of allylic oxidation sites excluding steroid dienone is 2. The lowest BCUT2D eigenvalue weighted by Gasteiger charge is -2.56. The van der Waals surface area contributed by atoms with Crippen LogP contribution in [0.1, 0.15) is 27.2 Å². The molecule has 2 bridgehead atoms. The summed E-state index contributed by atoms with van der Waals surface area (Å²) in [5, 5.41) is 0. The Hall–Kier alpha value is -0.260.